The minimum atomic E-state index is -1.14. The largest absolute Gasteiger partial charge is 0.486 e. The topological polar surface area (TPSA) is 101 Å². The SMILES string of the molecule is O=C(O)NCCNC(=O)c1ncccc1OCc1ccc(Cl)cc1. The molecule has 0 atom stereocenters. The summed E-state index contributed by atoms with van der Waals surface area (Å²) in [7, 11) is 0. The van der Waals surface area contributed by atoms with Gasteiger partial charge in [-0.25, -0.2) is 9.78 Å². The highest BCUT2D eigenvalue weighted by Crippen LogP contribution is 2.18. The van der Waals surface area contributed by atoms with Gasteiger partial charge in [0, 0.05) is 24.3 Å². The number of hydrogen-bond acceptors (Lipinski definition) is 4. The number of amides is 2. The predicted octanol–water partition coefficient (Wildman–Crippen LogP) is 2.31. The first-order chi connectivity index (χ1) is 11.6. The molecule has 1 heterocycles. The molecule has 0 unspecified atom stereocenters. The molecular formula is C16H16ClN3O4. The van der Waals surface area contributed by atoms with Crippen LogP contribution in [0, 0.1) is 0 Å². The van der Waals surface area contributed by atoms with Gasteiger partial charge in [-0.15, -0.1) is 0 Å². The molecule has 0 saturated carbocycles. The lowest BCUT2D eigenvalue weighted by Gasteiger charge is -2.11. The van der Waals surface area contributed by atoms with Crippen LogP contribution in [0.5, 0.6) is 5.75 Å². The van der Waals surface area contributed by atoms with Gasteiger partial charge in [0.15, 0.2) is 11.4 Å². The van der Waals surface area contributed by atoms with Crippen molar-refractivity contribution in [3.05, 3.63) is 58.9 Å². The molecule has 2 rings (SSSR count). The quantitative estimate of drug-likeness (QED) is 0.666. The van der Waals surface area contributed by atoms with E-state index in [4.69, 9.17) is 21.4 Å². The molecule has 24 heavy (non-hydrogen) atoms. The Morgan fingerprint density at radius 3 is 2.54 bits per heavy atom. The summed E-state index contributed by atoms with van der Waals surface area (Å²) in [5.41, 5.74) is 1.04. The van der Waals surface area contributed by atoms with Crippen molar-refractivity contribution in [2.24, 2.45) is 0 Å². The number of carbonyl (C=O) groups is 2. The monoisotopic (exact) mass is 349 g/mol. The second-order valence-corrected chi connectivity index (χ2v) is 5.19. The molecule has 0 radical (unpaired) electrons. The smallest absolute Gasteiger partial charge is 0.404 e. The van der Waals surface area contributed by atoms with Gasteiger partial charge in [-0.3, -0.25) is 4.79 Å². The predicted molar refractivity (Wildman–Crippen MR) is 88.4 cm³/mol. The van der Waals surface area contributed by atoms with Gasteiger partial charge in [-0.1, -0.05) is 23.7 Å². The molecule has 0 aliphatic heterocycles. The average Bonchev–Trinajstić information content (AvgIpc) is 2.58. The first-order valence-electron chi connectivity index (χ1n) is 7.13. The summed E-state index contributed by atoms with van der Waals surface area (Å²) in [6, 6.07) is 10.5. The van der Waals surface area contributed by atoms with Gasteiger partial charge in [-0.05, 0) is 29.8 Å². The lowest BCUT2D eigenvalue weighted by Crippen LogP contribution is -2.34. The summed E-state index contributed by atoms with van der Waals surface area (Å²) < 4.78 is 5.65. The number of hydrogen-bond donors (Lipinski definition) is 3. The molecule has 2 aromatic rings. The summed E-state index contributed by atoms with van der Waals surface area (Å²) in [5.74, 6) is -0.0926. The molecular weight excluding hydrogens is 334 g/mol. The number of nitrogens with zero attached hydrogens (tertiary/aromatic N) is 1. The maximum absolute atomic E-state index is 12.1. The van der Waals surface area contributed by atoms with Gasteiger partial charge in [0.2, 0.25) is 0 Å². The van der Waals surface area contributed by atoms with E-state index in [1.807, 2.05) is 12.1 Å². The number of carbonyl (C=O) groups excluding carboxylic acids is 1. The van der Waals surface area contributed by atoms with Gasteiger partial charge < -0.3 is 20.5 Å². The van der Waals surface area contributed by atoms with Crippen LogP contribution in [0.15, 0.2) is 42.6 Å². The Hall–Kier alpha value is -2.80. The Labute approximate surface area is 143 Å². The molecule has 7 nitrogen and oxygen atoms in total. The van der Waals surface area contributed by atoms with E-state index in [9.17, 15) is 9.59 Å². The zero-order valence-corrected chi connectivity index (χ0v) is 13.4. The van der Waals surface area contributed by atoms with Crippen LogP contribution < -0.4 is 15.4 Å². The molecule has 0 spiro atoms. The molecule has 0 saturated heterocycles. The van der Waals surface area contributed by atoms with E-state index in [0.717, 1.165) is 5.56 Å². The zero-order chi connectivity index (χ0) is 17.4. The third kappa shape index (κ3) is 5.44. The Bertz CT molecular complexity index is 707. The molecule has 1 aromatic heterocycles. The molecule has 0 aliphatic carbocycles. The van der Waals surface area contributed by atoms with Gasteiger partial charge in [0.05, 0.1) is 0 Å². The third-order valence-electron chi connectivity index (χ3n) is 2.98. The Morgan fingerprint density at radius 1 is 1.12 bits per heavy atom. The van der Waals surface area contributed by atoms with Gasteiger partial charge in [0.25, 0.3) is 5.91 Å². The summed E-state index contributed by atoms with van der Waals surface area (Å²) in [6.45, 7) is 0.525. The number of ether oxygens (including phenoxy) is 1. The maximum Gasteiger partial charge on any atom is 0.404 e. The van der Waals surface area contributed by atoms with Crippen molar-refractivity contribution >= 4 is 23.6 Å². The minimum Gasteiger partial charge on any atom is -0.486 e. The van der Waals surface area contributed by atoms with E-state index in [-0.39, 0.29) is 25.4 Å². The fourth-order valence-corrected chi connectivity index (χ4v) is 1.97. The lowest BCUT2D eigenvalue weighted by molar-refractivity contribution is 0.0943. The van der Waals surface area contributed by atoms with Crippen LogP contribution in [-0.2, 0) is 6.61 Å². The number of halogens is 1. The summed E-state index contributed by atoms with van der Waals surface area (Å²) >= 11 is 5.83. The van der Waals surface area contributed by atoms with Crippen molar-refractivity contribution in [1.29, 1.82) is 0 Å². The van der Waals surface area contributed by atoms with Crippen LogP contribution in [0.3, 0.4) is 0 Å². The van der Waals surface area contributed by atoms with Gasteiger partial charge in [-0.2, -0.15) is 0 Å². The Balaban J connectivity index is 1.94. The van der Waals surface area contributed by atoms with Crippen LogP contribution in [0.1, 0.15) is 16.1 Å². The van der Waals surface area contributed by atoms with Gasteiger partial charge >= 0.3 is 6.09 Å². The highest BCUT2D eigenvalue weighted by Gasteiger charge is 2.13. The molecule has 8 heteroatoms. The summed E-state index contributed by atoms with van der Waals surface area (Å²) in [4.78, 5) is 26.5. The summed E-state index contributed by atoms with van der Waals surface area (Å²) in [5, 5.41) is 13.8. The van der Waals surface area contributed by atoms with E-state index >= 15 is 0 Å². The van der Waals surface area contributed by atoms with Crippen LogP contribution in [0.4, 0.5) is 4.79 Å². The Morgan fingerprint density at radius 2 is 1.83 bits per heavy atom. The first-order valence-corrected chi connectivity index (χ1v) is 7.51. The van der Waals surface area contributed by atoms with Crippen LogP contribution in [0.2, 0.25) is 5.02 Å². The zero-order valence-electron chi connectivity index (χ0n) is 12.7. The van der Waals surface area contributed by atoms with Crippen LogP contribution in [-0.4, -0.2) is 35.2 Å². The molecule has 3 N–H and O–H groups in total. The highest BCUT2D eigenvalue weighted by molar-refractivity contribution is 6.30. The van der Waals surface area contributed by atoms with Gasteiger partial charge in [0.1, 0.15) is 6.61 Å². The van der Waals surface area contributed by atoms with Crippen molar-refractivity contribution < 1.29 is 19.4 Å². The normalized spacial score (nSPS) is 10.0. The van der Waals surface area contributed by atoms with Crippen molar-refractivity contribution in [1.82, 2.24) is 15.6 Å². The second kappa shape index (κ2) is 8.73. The van der Waals surface area contributed by atoms with Crippen molar-refractivity contribution in [2.45, 2.75) is 6.61 Å². The minimum absolute atomic E-state index is 0.106. The van der Waals surface area contributed by atoms with E-state index < -0.39 is 12.0 Å². The van der Waals surface area contributed by atoms with E-state index in [1.54, 1.807) is 24.3 Å². The number of nitrogens with one attached hydrogen (secondary N) is 2. The van der Waals surface area contributed by atoms with E-state index in [1.165, 1.54) is 6.20 Å². The first kappa shape index (κ1) is 17.6. The van der Waals surface area contributed by atoms with Crippen molar-refractivity contribution in [3.8, 4) is 5.75 Å². The molecule has 0 bridgehead atoms. The standard InChI is InChI=1S/C16H16ClN3O4/c17-12-5-3-11(4-6-12)10-24-13-2-1-7-18-14(13)15(21)19-8-9-20-16(22)23/h1-7,20H,8-10H2,(H,19,21)(H,22,23). The molecule has 1 aromatic carbocycles. The van der Waals surface area contributed by atoms with Crippen molar-refractivity contribution in [2.75, 3.05) is 13.1 Å². The fraction of sp³-hybridized carbons (Fsp3) is 0.188. The summed E-state index contributed by atoms with van der Waals surface area (Å²) in [6.07, 6.45) is 0.341. The number of pyridine rings is 1. The van der Waals surface area contributed by atoms with Crippen LogP contribution >= 0.6 is 11.6 Å². The number of rotatable bonds is 7. The lowest BCUT2D eigenvalue weighted by atomic mass is 10.2. The highest BCUT2D eigenvalue weighted by atomic mass is 35.5. The van der Waals surface area contributed by atoms with E-state index in [2.05, 4.69) is 15.6 Å². The van der Waals surface area contributed by atoms with Crippen LogP contribution in [0.25, 0.3) is 0 Å². The molecule has 0 aliphatic rings. The molecule has 2 amide bonds. The number of carboxylic acid groups (broad SMARTS) is 1. The molecule has 0 fully saturated rings. The molecule has 126 valence electrons. The maximum atomic E-state index is 12.1. The average molecular weight is 350 g/mol. The number of aromatic nitrogens is 1. The Kier molecular flexibility index (Phi) is 6.39. The third-order valence-corrected chi connectivity index (χ3v) is 3.23. The number of benzene rings is 1. The second-order valence-electron chi connectivity index (χ2n) is 4.75. The van der Waals surface area contributed by atoms with E-state index in [0.29, 0.717) is 10.8 Å². The fourth-order valence-electron chi connectivity index (χ4n) is 1.85. The van der Waals surface area contributed by atoms with Crippen molar-refractivity contribution in [3.63, 3.8) is 0 Å².